The second kappa shape index (κ2) is 5.76. The van der Waals surface area contributed by atoms with Gasteiger partial charge in [-0.1, -0.05) is 11.6 Å². The molecule has 5 nitrogen and oxygen atoms in total. The molecule has 3 rings (SSSR count). The van der Waals surface area contributed by atoms with Crippen molar-refractivity contribution in [1.29, 1.82) is 0 Å². The van der Waals surface area contributed by atoms with Gasteiger partial charge in [-0.05, 0) is 11.4 Å². The van der Waals surface area contributed by atoms with Gasteiger partial charge in [0.15, 0.2) is 0 Å². The Hall–Kier alpha value is -1.66. The molecule has 1 unspecified atom stereocenters. The smallest absolute Gasteiger partial charge is 0.316 e. The quantitative estimate of drug-likeness (QED) is 0.874. The number of likely N-dealkylation sites (tertiary alicyclic amines) is 1. The molecule has 0 spiro atoms. The minimum atomic E-state index is -0.0706. The Kier molecular flexibility index (Phi) is 3.84. The summed E-state index contributed by atoms with van der Waals surface area (Å²) in [6.07, 6.45) is 3.70. The monoisotopic (exact) mass is 309 g/mol. The Labute approximate surface area is 125 Å². The Morgan fingerprint density at radius 2 is 2.25 bits per heavy atom. The highest BCUT2D eigenvalue weighted by molar-refractivity contribution is 7.08. The molecule has 1 aliphatic heterocycles. The van der Waals surface area contributed by atoms with Gasteiger partial charge in [0.1, 0.15) is 6.10 Å². The summed E-state index contributed by atoms with van der Waals surface area (Å²) in [5.74, 6) is 0.0503. The van der Waals surface area contributed by atoms with Crippen LogP contribution in [0.15, 0.2) is 29.2 Å². The topological polar surface area (TPSA) is 55.3 Å². The lowest BCUT2D eigenvalue weighted by Gasteiger charge is -2.15. The zero-order valence-electron chi connectivity index (χ0n) is 10.5. The molecule has 104 valence electrons. The van der Waals surface area contributed by atoms with Crippen LogP contribution >= 0.6 is 22.9 Å². The van der Waals surface area contributed by atoms with Crippen LogP contribution in [0.5, 0.6) is 6.01 Å². The highest BCUT2D eigenvalue weighted by atomic mass is 35.5. The van der Waals surface area contributed by atoms with Gasteiger partial charge in [0.2, 0.25) is 0 Å². The highest BCUT2D eigenvalue weighted by Crippen LogP contribution is 2.19. The summed E-state index contributed by atoms with van der Waals surface area (Å²) in [6, 6.07) is 2.13. The minimum absolute atomic E-state index is 0.0503. The summed E-state index contributed by atoms with van der Waals surface area (Å²) in [4.78, 5) is 22.0. The van der Waals surface area contributed by atoms with Gasteiger partial charge in [-0.25, -0.2) is 9.97 Å². The summed E-state index contributed by atoms with van der Waals surface area (Å²) in [5, 5.41) is 4.23. The first kappa shape index (κ1) is 13.3. The molecule has 0 saturated carbocycles. The van der Waals surface area contributed by atoms with Gasteiger partial charge in [0.25, 0.3) is 5.91 Å². The SMILES string of the molecule is O=C(c1ccsc1)N1CCC(Oc2ncc(Cl)cn2)C1. The number of nitrogens with zero attached hydrogens (tertiary/aromatic N) is 3. The molecule has 0 aromatic carbocycles. The van der Waals surface area contributed by atoms with E-state index >= 15 is 0 Å². The van der Waals surface area contributed by atoms with Crippen molar-refractivity contribution < 1.29 is 9.53 Å². The van der Waals surface area contributed by atoms with E-state index in [4.69, 9.17) is 16.3 Å². The number of aromatic nitrogens is 2. The lowest BCUT2D eigenvalue weighted by atomic mass is 10.3. The van der Waals surface area contributed by atoms with Gasteiger partial charge in [0.05, 0.1) is 29.5 Å². The van der Waals surface area contributed by atoms with Crippen LogP contribution in [0, 0.1) is 0 Å². The van der Waals surface area contributed by atoms with Gasteiger partial charge in [-0.15, -0.1) is 0 Å². The van der Waals surface area contributed by atoms with Gasteiger partial charge in [-0.2, -0.15) is 11.3 Å². The molecule has 3 heterocycles. The summed E-state index contributed by atoms with van der Waals surface area (Å²) >= 11 is 7.24. The third-order valence-corrected chi connectivity index (χ3v) is 3.95. The predicted octanol–water partition coefficient (Wildman–Crippen LogP) is 2.49. The van der Waals surface area contributed by atoms with E-state index in [-0.39, 0.29) is 12.0 Å². The zero-order chi connectivity index (χ0) is 13.9. The van der Waals surface area contributed by atoms with Gasteiger partial charge >= 0.3 is 6.01 Å². The van der Waals surface area contributed by atoms with E-state index in [1.54, 1.807) is 4.90 Å². The molecule has 1 amide bonds. The first-order valence-electron chi connectivity index (χ1n) is 6.18. The number of rotatable bonds is 3. The standard InChI is InChI=1S/C13H12ClN3O2S/c14-10-5-15-13(16-6-10)19-11-1-3-17(7-11)12(18)9-2-4-20-8-9/h2,4-6,8,11H,1,3,7H2. The second-order valence-electron chi connectivity index (χ2n) is 4.48. The molecule has 1 saturated heterocycles. The van der Waals surface area contributed by atoms with Crippen LogP contribution in [-0.2, 0) is 0 Å². The molecule has 0 N–H and O–H groups in total. The Morgan fingerprint density at radius 1 is 1.45 bits per heavy atom. The van der Waals surface area contributed by atoms with E-state index in [0.29, 0.717) is 24.1 Å². The molecule has 0 aliphatic carbocycles. The Bertz CT molecular complexity index is 588. The maximum absolute atomic E-state index is 12.2. The molecule has 1 fully saturated rings. The van der Waals surface area contributed by atoms with Crippen molar-refractivity contribution in [3.05, 3.63) is 39.8 Å². The molecular weight excluding hydrogens is 298 g/mol. The normalized spacial score (nSPS) is 18.2. The van der Waals surface area contributed by atoms with E-state index in [1.165, 1.54) is 23.7 Å². The van der Waals surface area contributed by atoms with Crippen molar-refractivity contribution >= 4 is 28.8 Å². The van der Waals surface area contributed by atoms with Crippen LogP contribution in [0.3, 0.4) is 0 Å². The fourth-order valence-corrected chi connectivity index (χ4v) is 2.82. The molecule has 1 aliphatic rings. The third kappa shape index (κ3) is 2.91. The van der Waals surface area contributed by atoms with Crippen molar-refractivity contribution in [2.24, 2.45) is 0 Å². The number of carbonyl (C=O) groups excluding carboxylic acids is 1. The molecule has 7 heteroatoms. The lowest BCUT2D eigenvalue weighted by molar-refractivity contribution is 0.0770. The average Bonchev–Trinajstić information content (AvgIpc) is 3.12. The molecule has 0 radical (unpaired) electrons. The maximum Gasteiger partial charge on any atom is 0.316 e. The molecule has 2 aromatic rings. The van der Waals surface area contributed by atoms with Crippen LogP contribution < -0.4 is 4.74 Å². The van der Waals surface area contributed by atoms with Crippen LogP contribution in [0.25, 0.3) is 0 Å². The van der Waals surface area contributed by atoms with Crippen LogP contribution in [0.2, 0.25) is 5.02 Å². The van der Waals surface area contributed by atoms with E-state index in [1.807, 2.05) is 16.8 Å². The molecule has 0 bridgehead atoms. The number of ether oxygens (including phenoxy) is 1. The fourth-order valence-electron chi connectivity index (χ4n) is 2.09. The summed E-state index contributed by atoms with van der Waals surface area (Å²) < 4.78 is 5.66. The zero-order valence-corrected chi connectivity index (χ0v) is 12.1. The van der Waals surface area contributed by atoms with Crippen molar-refractivity contribution in [2.75, 3.05) is 13.1 Å². The number of carbonyl (C=O) groups is 1. The average molecular weight is 310 g/mol. The summed E-state index contributed by atoms with van der Waals surface area (Å²) in [5.41, 5.74) is 0.735. The van der Waals surface area contributed by atoms with Crippen molar-refractivity contribution in [2.45, 2.75) is 12.5 Å². The molecule has 20 heavy (non-hydrogen) atoms. The number of halogens is 1. The van der Waals surface area contributed by atoms with Crippen molar-refractivity contribution in [1.82, 2.24) is 14.9 Å². The largest absolute Gasteiger partial charge is 0.458 e. The maximum atomic E-state index is 12.2. The summed E-state index contributed by atoms with van der Waals surface area (Å²) in [6.45, 7) is 1.24. The Morgan fingerprint density at radius 3 is 2.95 bits per heavy atom. The summed E-state index contributed by atoms with van der Waals surface area (Å²) in [7, 11) is 0. The minimum Gasteiger partial charge on any atom is -0.458 e. The van der Waals surface area contributed by atoms with Crippen LogP contribution in [-0.4, -0.2) is 40.0 Å². The number of hydrogen-bond acceptors (Lipinski definition) is 5. The first-order valence-corrected chi connectivity index (χ1v) is 7.50. The first-order chi connectivity index (χ1) is 9.72. The molecule has 2 aromatic heterocycles. The van der Waals surface area contributed by atoms with Gasteiger partial charge < -0.3 is 9.64 Å². The highest BCUT2D eigenvalue weighted by Gasteiger charge is 2.28. The number of amides is 1. The van der Waals surface area contributed by atoms with E-state index in [2.05, 4.69) is 9.97 Å². The molecule has 1 atom stereocenters. The number of thiophene rings is 1. The van der Waals surface area contributed by atoms with Gasteiger partial charge in [-0.3, -0.25) is 4.79 Å². The fraction of sp³-hybridized carbons (Fsp3) is 0.308. The van der Waals surface area contributed by atoms with Crippen LogP contribution in [0.1, 0.15) is 16.8 Å². The lowest BCUT2D eigenvalue weighted by Crippen LogP contribution is -2.30. The van der Waals surface area contributed by atoms with E-state index < -0.39 is 0 Å². The Balaban J connectivity index is 1.59. The molecular formula is C13H12ClN3O2S. The predicted molar refractivity (Wildman–Crippen MR) is 76.3 cm³/mol. The van der Waals surface area contributed by atoms with E-state index in [0.717, 1.165) is 12.0 Å². The van der Waals surface area contributed by atoms with Crippen molar-refractivity contribution in [3.8, 4) is 6.01 Å². The second-order valence-corrected chi connectivity index (χ2v) is 5.69. The van der Waals surface area contributed by atoms with E-state index in [9.17, 15) is 4.79 Å². The van der Waals surface area contributed by atoms with Crippen molar-refractivity contribution in [3.63, 3.8) is 0 Å². The van der Waals surface area contributed by atoms with Crippen LogP contribution in [0.4, 0.5) is 0 Å². The number of hydrogen-bond donors (Lipinski definition) is 0. The third-order valence-electron chi connectivity index (χ3n) is 3.07. The van der Waals surface area contributed by atoms with Gasteiger partial charge in [0, 0.05) is 18.3 Å².